The summed E-state index contributed by atoms with van der Waals surface area (Å²) in [6.45, 7) is 8.60. The molecule has 3 aromatic rings. The number of amides is 1. The molecule has 2 aromatic heterocycles. The van der Waals surface area contributed by atoms with E-state index in [4.69, 9.17) is 20.4 Å². The van der Waals surface area contributed by atoms with E-state index < -0.39 is 0 Å². The van der Waals surface area contributed by atoms with Gasteiger partial charge in [-0.05, 0) is 76.0 Å². The van der Waals surface area contributed by atoms with Gasteiger partial charge in [-0.1, -0.05) is 18.5 Å². The van der Waals surface area contributed by atoms with Gasteiger partial charge in [0.15, 0.2) is 5.76 Å². The molecule has 0 radical (unpaired) electrons. The van der Waals surface area contributed by atoms with Crippen LogP contribution in [0, 0.1) is 19.8 Å². The van der Waals surface area contributed by atoms with E-state index in [-0.39, 0.29) is 24.4 Å². The summed E-state index contributed by atoms with van der Waals surface area (Å²) in [7, 11) is 0. The Morgan fingerprint density at radius 3 is 2.60 bits per heavy atom. The molecular weight excluding hydrogens is 423 g/mol. The number of hydrogen-bond acceptors (Lipinski definition) is 4. The number of benzene rings is 1. The zero-order chi connectivity index (χ0) is 20.5. The molecule has 1 unspecified atom stereocenters. The van der Waals surface area contributed by atoms with Crippen LogP contribution in [0.25, 0.3) is 11.0 Å². The van der Waals surface area contributed by atoms with Crippen LogP contribution in [0.2, 0.25) is 5.02 Å². The quantitative estimate of drug-likeness (QED) is 0.523. The van der Waals surface area contributed by atoms with Crippen molar-refractivity contribution in [3.05, 3.63) is 58.2 Å². The van der Waals surface area contributed by atoms with Gasteiger partial charge in [-0.25, -0.2) is 0 Å². The van der Waals surface area contributed by atoms with E-state index in [1.165, 1.54) is 0 Å². The minimum atomic E-state index is -0.214. The lowest BCUT2D eigenvalue weighted by atomic mass is 9.97. The van der Waals surface area contributed by atoms with Crippen LogP contribution in [0.4, 0.5) is 0 Å². The number of nitrogens with zero attached hydrogens (tertiary/aromatic N) is 1. The van der Waals surface area contributed by atoms with Gasteiger partial charge < -0.3 is 14.2 Å². The molecule has 1 aliphatic heterocycles. The third kappa shape index (κ3) is 4.69. The summed E-state index contributed by atoms with van der Waals surface area (Å²) in [5.41, 5.74) is 1.47. The van der Waals surface area contributed by atoms with E-state index in [9.17, 15) is 4.79 Å². The van der Waals surface area contributed by atoms with Gasteiger partial charge in [0.25, 0.3) is 5.91 Å². The maximum absolute atomic E-state index is 12.9. The van der Waals surface area contributed by atoms with E-state index in [0.29, 0.717) is 22.9 Å². The van der Waals surface area contributed by atoms with Gasteiger partial charge in [0.05, 0.1) is 6.04 Å². The topological polar surface area (TPSA) is 58.6 Å². The molecule has 1 fully saturated rings. The number of aryl methyl sites for hydroxylation is 2. The SMILES string of the molecule is Cc1ccc(C(CNC(=O)c2oc3ccc(Cl)cc3c2C)N2CCC(C)CC2)o1.Cl. The van der Waals surface area contributed by atoms with Crippen molar-refractivity contribution in [1.29, 1.82) is 0 Å². The highest BCUT2D eigenvalue weighted by molar-refractivity contribution is 6.31. The first-order chi connectivity index (χ1) is 13.9. The van der Waals surface area contributed by atoms with Crippen molar-refractivity contribution in [3.63, 3.8) is 0 Å². The van der Waals surface area contributed by atoms with Crippen LogP contribution in [-0.4, -0.2) is 30.4 Å². The highest BCUT2D eigenvalue weighted by Crippen LogP contribution is 2.29. The minimum Gasteiger partial charge on any atom is -0.465 e. The molecule has 7 heteroatoms. The molecule has 30 heavy (non-hydrogen) atoms. The summed E-state index contributed by atoms with van der Waals surface area (Å²) in [4.78, 5) is 15.3. The standard InChI is InChI=1S/C23H27ClN2O3.ClH/c1-14-8-10-26(11-9-14)19(21-6-4-15(2)28-21)13-25-23(27)22-16(3)18-12-17(24)5-7-20(18)29-22;/h4-7,12,14,19H,8-11,13H2,1-3H3,(H,25,27);1H. The molecule has 1 aliphatic rings. The molecule has 4 rings (SSSR count). The van der Waals surface area contributed by atoms with Crippen molar-refractivity contribution in [1.82, 2.24) is 10.2 Å². The average molecular weight is 451 g/mol. The molecule has 3 heterocycles. The van der Waals surface area contributed by atoms with Gasteiger partial charge in [-0.15, -0.1) is 12.4 Å². The van der Waals surface area contributed by atoms with E-state index >= 15 is 0 Å². The first-order valence-electron chi connectivity index (χ1n) is 10.2. The van der Waals surface area contributed by atoms with Gasteiger partial charge in [0, 0.05) is 22.5 Å². The van der Waals surface area contributed by atoms with Gasteiger partial charge in [0.2, 0.25) is 0 Å². The summed E-state index contributed by atoms with van der Waals surface area (Å²) >= 11 is 6.09. The normalized spacial score (nSPS) is 16.4. The summed E-state index contributed by atoms with van der Waals surface area (Å²) in [6, 6.07) is 9.39. The van der Waals surface area contributed by atoms with Crippen molar-refractivity contribution in [2.24, 2.45) is 5.92 Å². The first-order valence-corrected chi connectivity index (χ1v) is 10.6. The number of carbonyl (C=O) groups excluding carboxylic acids is 1. The molecule has 0 saturated carbocycles. The van der Waals surface area contributed by atoms with E-state index in [1.807, 2.05) is 32.0 Å². The summed E-state index contributed by atoms with van der Waals surface area (Å²) in [6.07, 6.45) is 2.32. The Morgan fingerprint density at radius 2 is 1.93 bits per heavy atom. The fraction of sp³-hybridized carbons (Fsp3) is 0.435. The minimum absolute atomic E-state index is 0. The highest BCUT2D eigenvalue weighted by atomic mass is 35.5. The second kappa shape index (κ2) is 9.46. The molecule has 1 atom stereocenters. The second-order valence-electron chi connectivity index (χ2n) is 8.09. The molecule has 0 aliphatic carbocycles. The molecule has 1 amide bonds. The van der Waals surface area contributed by atoms with Crippen molar-refractivity contribution in [3.8, 4) is 0 Å². The summed E-state index contributed by atoms with van der Waals surface area (Å²) in [5.74, 6) is 2.64. The summed E-state index contributed by atoms with van der Waals surface area (Å²) < 4.78 is 11.7. The zero-order valence-electron chi connectivity index (χ0n) is 17.5. The molecular formula is C23H28Cl2N2O3. The van der Waals surface area contributed by atoms with Gasteiger partial charge >= 0.3 is 0 Å². The summed E-state index contributed by atoms with van der Waals surface area (Å²) in [5, 5.41) is 4.56. The van der Waals surface area contributed by atoms with E-state index in [2.05, 4.69) is 17.1 Å². The van der Waals surface area contributed by atoms with E-state index in [1.54, 1.807) is 12.1 Å². The largest absolute Gasteiger partial charge is 0.465 e. The molecule has 0 spiro atoms. The molecule has 0 bridgehead atoms. The van der Waals surface area contributed by atoms with Crippen LogP contribution in [0.3, 0.4) is 0 Å². The lowest BCUT2D eigenvalue weighted by Gasteiger charge is -2.35. The number of furan rings is 2. The van der Waals surface area contributed by atoms with Crippen LogP contribution in [-0.2, 0) is 0 Å². The Morgan fingerprint density at radius 1 is 1.20 bits per heavy atom. The Bertz CT molecular complexity index is 1020. The maximum Gasteiger partial charge on any atom is 0.287 e. The Kier molecular flexibility index (Phi) is 7.17. The maximum atomic E-state index is 12.9. The predicted molar refractivity (Wildman–Crippen MR) is 122 cm³/mol. The van der Waals surface area contributed by atoms with Gasteiger partial charge in [-0.2, -0.15) is 0 Å². The third-order valence-corrected chi connectivity index (χ3v) is 6.14. The van der Waals surface area contributed by atoms with Gasteiger partial charge in [-0.3, -0.25) is 9.69 Å². The Labute approximate surface area is 188 Å². The number of piperidine rings is 1. The molecule has 1 aromatic carbocycles. The van der Waals surface area contributed by atoms with Crippen molar-refractivity contribution < 1.29 is 13.6 Å². The second-order valence-corrected chi connectivity index (χ2v) is 8.53. The van der Waals surface area contributed by atoms with E-state index in [0.717, 1.165) is 54.3 Å². The Balaban J connectivity index is 0.00000256. The molecule has 1 N–H and O–H groups in total. The first kappa shape index (κ1) is 22.7. The fourth-order valence-corrected chi connectivity index (χ4v) is 4.23. The molecule has 1 saturated heterocycles. The van der Waals surface area contributed by atoms with Gasteiger partial charge in [0.1, 0.15) is 17.1 Å². The van der Waals surface area contributed by atoms with Crippen LogP contribution < -0.4 is 5.32 Å². The average Bonchev–Trinajstić information content (AvgIpc) is 3.27. The highest BCUT2D eigenvalue weighted by Gasteiger charge is 2.28. The number of likely N-dealkylation sites (tertiary alicyclic amines) is 1. The lowest BCUT2D eigenvalue weighted by molar-refractivity contribution is 0.0871. The number of nitrogens with one attached hydrogen (secondary N) is 1. The number of hydrogen-bond donors (Lipinski definition) is 1. The Hall–Kier alpha value is -1.95. The number of halogens is 2. The lowest BCUT2D eigenvalue weighted by Crippen LogP contribution is -2.41. The smallest absolute Gasteiger partial charge is 0.287 e. The third-order valence-electron chi connectivity index (χ3n) is 5.91. The number of carbonyl (C=O) groups is 1. The van der Waals surface area contributed by atoms with Crippen LogP contribution in [0.1, 0.15) is 53.4 Å². The number of fused-ring (bicyclic) bond motifs is 1. The number of rotatable bonds is 5. The molecule has 162 valence electrons. The molecule has 5 nitrogen and oxygen atoms in total. The monoisotopic (exact) mass is 450 g/mol. The van der Waals surface area contributed by atoms with Crippen molar-refractivity contribution >= 4 is 40.9 Å². The predicted octanol–water partition coefficient (Wildman–Crippen LogP) is 5.92. The van der Waals surface area contributed by atoms with Crippen LogP contribution in [0.5, 0.6) is 0 Å². The van der Waals surface area contributed by atoms with Crippen molar-refractivity contribution in [2.75, 3.05) is 19.6 Å². The van der Waals surface area contributed by atoms with Crippen LogP contribution >= 0.6 is 24.0 Å². The fourth-order valence-electron chi connectivity index (χ4n) is 4.06. The van der Waals surface area contributed by atoms with Crippen molar-refractivity contribution in [2.45, 2.75) is 39.7 Å². The zero-order valence-corrected chi connectivity index (χ0v) is 19.1. The van der Waals surface area contributed by atoms with Crippen LogP contribution in [0.15, 0.2) is 39.2 Å².